The Balaban J connectivity index is 1.44. The van der Waals surface area contributed by atoms with E-state index in [-0.39, 0.29) is 0 Å². The summed E-state index contributed by atoms with van der Waals surface area (Å²) in [5.41, 5.74) is 12.1. The van der Waals surface area contributed by atoms with Crippen LogP contribution in [0.15, 0.2) is 146 Å². The number of hydrogen-bond acceptors (Lipinski definition) is 1. The van der Waals surface area contributed by atoms with E-state index in [1.54, 1.807) is 0 Å². The highest BCUT2D eigenvalue weighted by Gasteiger charge is 2.26. The number of fused-ring (bicyclic) bond motifs is 8. The van der Waals surface area contributed by atoms with Crippen LogP contribution >= 0.6 is 0 Å². The number of para-hydroxylation sites is 4. The van der Waals surface area contributed by atoms with E-state index in [1.807, 2.05) is 0 Å². The van der Waals surface area contributed by atoms with Gasteiger partial charge >= 0.3 is 0 Å². The number of aromatic nitrogens is 1. The van der Waals surface area contributed by atoms with E-state index < -0.39 is 0 Å². The molecule has 0 N–H and O–H groups in total. The fraction of sp³-hybridized carbons (Fsp3) is 0. The molecule has 0 radical (unpaired) electrons. The molecule has 0 saturated heterocycles. The summed E-state index contributed by atoms with van der Waals surface area (Å²) in [5, 5.41) is 2.51. The van der Waals surface area contributed by atoms with E-state index in [2.05, 4.69) is 155 Å². The molecule has 0 amide bonds. The first kappa shape index (κ1) is 21.0. The second-order valence-corrected chi connectivity index (χ2v) is 9.80. The molecule has 0 spiro atoms. The van der Waals surface area contributed by atoms with Crippen molar-refractivity contribution in [3.05, 3.63) is 146 Å². The quantitative estimate of drug-likeness (QED) is 0.237. The molecule has 0 bridgehead atoms. The minimum atomic E-state index is 1.15. The molecule has 6 aromatic carbocycles. The number of rotatable bonds is 2. The Morgan fingerprint density at radius 1 is 0.342 bits per heavy atom. The Bertz CT molecular complexity index is 1910. The topological polar surface area (TPSA) is 8.17 Å². The van der Waals surface area contributed by atoms with Crippen LogP contribution in [0.4, 0.5) is 17.1 Å². The maximum Gasteiger partial charge on any atom is 0.0542 e. The zero-order valence-electron chi connectivity index (χ0n) is 20.8. The maximum absolute atomic E-state index is 2.43. The van der Waals surface area contributed by atoms with E-state index in [9.17, 15) is 0 Å². The lowest BCUT2D eigenvalue weighted by Gasteiger charge is -2.27. The zero-order chi connectivity index (χ0) is 25.1. The third-order valence-electron chi connectivity index (χ3n) is 7.73. The minimum Gasteiger partial charge on any atom is -0.309 e. The molecule has 2 nitrogen and oxygen atoms in total. The van der Waals surface area contributed by atoms with Gasteiger partial charge in [0.05, 0.1) is 22.4 Å². The van der Waals surface area contributed by atoms with Crippen LogP contribution in [-0.4, -0.2) is 4.57 Å². The van der Waals surface area contributed by atoms with Crippen molar-refractivity contribution in [3.8, 4) is 27.9 Å². The Morgan fingerprint density at radius 2 is 0.868 bits per heavy atom. The van der Waals surface area contributed by atoms with Gasteiger partial charge in [-0.15, -0.1) is 0 Å². The summed E-state index contributed by atoms with van der Waals surface area (Å²) in [6.07, 6.45) is 0. The van der Waals surface area contributed by atoms with Gasteiger partial charge in [0.1, 0.15) is 0 Å². The molecule has 1 aliphatic heterocycles. The summed E-state index contributed by atoms with van der Waals surface area (Å²) in [6, 6.07) is 52.5. The van der Waals surface area contributed by atoms with Gasteiger partial charge in [0.25, 0.3) is 0 Å². The van der Waals surface area contributed by atoms with E-state index in [1.165, 1.54) is 61.1 Å². The maximum atomic E-state index is 2.43. The highest BCUT2D eigenvalue weighted by Crippen LogP contribution is 2.51. The van der Waals surface area contributed by atoms with Crippen LogP contribution in [0, 0.1) is 0 Å². The first-order chi connectivity index (χ1) is 18.9. The Labute approximate surface area is 221 Å². The smallest absolute Gasteiger partial charge is 0.0542 e. The minimum absolute atomic E-state index is 1.15. The monoisotopic (exact) mass is 484 g/mol. The van der Waals surface area contributed by atoms with Gasteiger partial charge in [0, 0.05) is 33.3 Å². The Morgan fingerprint density at radius 3 is 1.55 bits per heavy atom. The van der Waals surface area contributed by atoms with E-state index in [0.29, 0.717) is 0 Å². The average molecular weight is 485 g/mol. The van der Waals surface area contributed by atoms with Crippen molar-refractivity contribution in [1.82, 2.24) is 4.57 Å². The standard InChI is InChI=1S/C36H24N2/c1-2-12-25(13-3-1)37-35-21-11-8-18-31(35)32-24-26(22-23-36(32)37)38-33-19-9-6-16-29(33)27-14-4-5-15-28(27)30-17-7-10-20-34(30)38/h1-24H. The molecule has 1 aromatic heterocycles. The molecule has 2 heteroatoms. The second kappa shape index (κ2) is 8.22. The number of benzene rings is 6. The Hall–Kier alpha value is -5.08. The SMILES string of the molecule is c1ccc(-n2c3ccccc3c3cc(N4c5ccccc5-c5ccccc5-c5ccccc54)ccc32)cc1. The van der Waals surface area contributed by atoms with Crippen LogP contribution in [0.1, 0.15) is 0 Å². The molecule has 1 aliphatic rings. The summed E-state index contributed by atoms with van der Waals surface area (Å²) in [7, 11) is 0. The average Bonchev–Trinajstić information content (AvgIpc) is 3.26. The lowest BCUT2D eigenvalue weighted by Crippen LogP contribution is -2.10. The highest BCUT2D eigenvalue weighted by atomic mass is 15.1. The van der Waals surface area contributed by atoms with Crippen LogP contribution < -0.4 is 4.90 Å². The highest BCUT2D eigenvalue weighted by molar-refractivity contribution is 6.11. The van der Waals surface area contributed by atoms with Gasteiger partial charge < -0.3 is 9.47 Å². The molecular weight excluding hydrogens is 460 g/mol. The fourth-order valence-electron chi connectivity index (χ4n) is 6.11. The molecule has 0 saturated carbocycles. The number of anilines is 3. The molecule has 0 unspecified atom stereocenters. The van der Waals surface area contributed by atoms with Gasteiger partial charge in [-0.2, -0.15) is 0 Å². The first-order valence-electron chi connectivity index (χ1n) is 13.0. The third-order valence-corrected chi connectivity index (χ3v) is 7.73. The lowest BCUT2D eigenvalue weighted by atomic mass is 9.95. The molecule has 178 valence electrons. The van der Waals surface area contributed by atoms with Crippen LogP contribution in [0.25, 0.3) is 49.7 Å². The van der Waals surface area contributed by atoms with Gasteiger partial charge in [-0.25, -0.2) is 0 Å². The molecule has 0 fully saturated rings. The summed E-state index contributed by atoms with van der Waals surface area (Å²) in [5.74, 6) is 0. The number of nitrogens with zero attached hydrogens (tertiary/aromatic N) is 2. The van der Waals surface area contributed by atoms with Crippen molar-refractivity contribution >= 4 is 38.9 Å². The van der Waals surface area contributed by atoms with Crippen molar-refractivity contribution in [1.29, 1.82) is 0 Å². The molecule has 0 atom stereocenters. The van der Waals surface area contributed by atoms with Crippen LogP contribution in [0.3, 0.4) is 0 Å². The lowest BCUT2D eigenvalue weighted by molar-refractivity contribution is 1.18. The predicted octanol–water partition coefficient (Wildman–Crippen LogP) is 9.90. The fourth-order valence-corrected chi connectivity index (χ4v) is 6.11. The molecule has 8 rings (SSSR count). The van der Waals surface area contributed by atoms with E-state index >= 15 is 0 Å². The summed E-state index contributed by atoms with van der Waals surface area (Å²) >= 11 is 0. The van der Waals surface area contributed by atoms with Crippen molar-refractivity contribution < 1.29 is 0 Å². The van der Waals surface area contributed by atoms with E-state index in [0.717, 1.165) is 5.69 Å². The Kier molecular flexibility index (Phi) is 4.55. The normalized spacial score (nSPS) is 12.2. The molecule has 7 aromatic rings. The van der Waals surface area contributed by atoms with Gasteiger partial charge in [-0.05, 0) is 59.7 Å². The van der Waals surface area contributed by atoms with Crippen LogP contribution in [0.5, 0.6) is 0 Å². The van der Waals surface area contributed by atoms with Gasteiger partial charge in [-0.3, -0.25) is 0 Å². The summed E-state index contributed by atoms with van der Waals surface area (Å²) < 4.78 is 2.37. The second-order valence-electron chi connectivity index (χ2n) is 9.80. The van der Waals surface area contributed by atoms with Crippen LogP contribution in [-0.2, 0) is 0 Å². The number of hydrogen-bond donors (Lipinski definition) is 0. The van der Waals surface area contributed by atoms with Crippen LogP contribution in [0.2, 0.25) is 0 Å². The first-order valence-corrected chi connectivity index (χ1v) is 13.0. The molecular formula is C36H24N2. The summed E-state index contributed by atoms with van der Waals surface area (Å²) in [4.78, 5) is 2.43. The molecule has 38 heavy (non-hydrogen) atoms. The summed E-state index contributed by atoms with van der Waals surface area (Å²) in [6.45, 7) is 0. The van der Waals surface area contributed by atoms with Crippen molar-refractivity contribution in [3.63, 3.8) is 0 Å². The zero-order valence-corrected chi connectivity index (χ0v) is 20.8. The van der Waals surface area contributed by atoms with Gasteiger partial charge in [0.15, 0.2) is 0 Å². The van der Waals surface area contributed by atoms with E-state index in [4.69, 9.17) is 0 Å². The molecule has 0 aliphatic carbocycles. The largest absolute Gasteiger partial charge is 0.309 e. The van der Waals surface area contributed by atoms with Gasteiger partial charge in [0.2, 0.25) is 0 Å². The van der Waals surface area contributed by atoms with Crippen molar-refractivity contribution in [2.24, 2.45) is 0 Å². The molecule has 2 heterocycles. The van der Waals surface area contributed by atoms with Crippen molar-refractivity contribution in [2.75, 3.05) is 4.90 Å². The predicted molar refractivity (Wildman–Crippen MR) is 160 cm³/mol. The van der Waals surface area contributed by atoms with Gasteiger partial charge in [-0.1, -0.05) is 97.1 Å². The van der Waals surface area contributed by atoms with Crippen molar-refractivity contribution in [2.45, 2.75) is 0 Å². The third kappa shape index (κ3) is 3.01.